The van der Waals surface area contributed by atoms with Crippen LogP contribution in [0.25, 0.3) is 6.08 Å². The Labute approximate surface area is 178 Å². The van der Waals surface area contributed by atoms with E-state index >= 15 is 0 Å². The first-order valence-corrected chi connectivity index (χ1v) is 10.2. The number of rotatable bonds is 8. The van der Waals surface area contributed by atoms with E-state index in [1.807, 2.05) is 18.2 Å². The molecule has 30 heavy (non-hydrogen) atoms. The van der Waals surface area contributed by atoms with Crippen LogP contribution in [0.1, 0.15) is 22.7 Å². The molecule has 0 aliphatic carbocycles. The highest BCUT2D eigenvalue weighted by atomic mass is 16.5. The Balaban J connectivity index is 1.70. The van der Waals surface area contributed by atoms with Gasteiger partial charge in [-0.1, -0.05) is 35.9 Å². The summed E-state index contributed by atoms with van der Waals surface area (Å²) in [4.78, 5) is 15.0. The summed E-state index contributed by atoms with van der Waals surface area (Å²) < 4.78 is 16.0. The molecule has 1 saturated heterocycles. The zero-order valence-corrected chi connectivity index (χ0v) is 17.9. The molecule has 0 saturated carbocycles. The second kappa shape index (κ2) is 10.8. The zero-order valence-electron chi connectivity index (χ0n) is 17.9. The van der Waals surface area contributed by atoms with E-state index in [4.69, 9.17) is 14.2 Å². The molecule has 1 aliphatic rings. The first-order chi connectivity index (χ1) is 14.6. The van der Waals surface area contributed by atoms with Gasteiger partial charge < -0.3 is 19.5 Å². The molecule has 6 heteroatoms. The number of amides is 1. The third-order valence-electron chi connectivity index (χ3n) is 5.18. The third-order valence-corrected chi connectivity index (χ3v) is 5.18. The SMILES string of the molecule is COc1ccc(C=CC(=O)NC(CN2CCOCC2)c2ccc(C)cc2)cc1OC. The number of benzene rings is 2. The van der Waals surface area contributed by atoms with E-state index in [0.29, 0.717) is 11.5 Å². The largest absolute Gasteiger partial charge is 0.493 e. The highest BCUT2D eigenvalue weighted by molar-refractivity contribution is 5.92. The Hall–Kier alpha value is -2.83. The standard InChI is InChI=1S/C24H30N2O4/c1-18-4-8-20(9-5-18)21(17-26-12-14-30-15-13-26)25-24(27)11-7-19-6-10-22(28-2)23(16-19)29-3/h4-11,16,21H,12-15,17H2,1-3H3,(H,25,27). The topological polar surface area (TPSA) is 60.0 Å². The van der Waals surface area contributed by atoms with Crippen LogP contribution in [-0.2, 0) is 9.53 Å². The molecule has 1 amide bonds. The second-order valence-corrected chi connectivity index (χ2v) is 7.33. The van der Waals surface area contributed by atoms with Crippen LogP contribution >= 0.6 is 0 Å². The first kappa shape index (κ1) is 21.9. The maximum absolute atomic E-state index is 12.7. The quantitative estimate of drug-likeness (QED) is 0.677. The van der Waals surface area contributed by atoms with Crippen LogP contribution in [-0.4, -0.2) is 57.9 Å². The van der Waals surface area contributed by atoms with Crippen LogP contribution in [0.15, 0.2) is 48.5 Å². The van der Waals surface area contributed by atoms with Gasteiger partial charge in [0.15, 0.2) is 11.5 Å². The lowest BCUT2D eigenvalue weighted by Gasteiger charge is -2.31. The molecule has 1 aliphatic heterocycles. The fourth-order valence-corrected chi connectivity index (χ4v) is 3.42. The van der Waals surface area contributed by atoms with Crippen molar-refractivity contribution in [2.75, 3.05) is 47.1 Å². The normalized spacial score (nSPS) is 15.7. The van der Waals surface area contributed by atoms with Crippen molar-refractivity contribution in [1.29, 1.82) is 0 Å². The van der Waals surface area contributed by atoms with Crippen LogP contribution in [0.5, 0.6) is 11.5 Å². The number of ether oxygens (including phenoxy) is 3. The molecule has 0 spiro atoms. The van der Waals surface area contributed by atoms with Crippen molar-refractivity contribution < 1.29 is 19.0 Å². The number of carbonyl (C=O) groups is 1. The summed E-state index contributed by atoms with van der Waals surface area (Å²) in [6.07, 6.45) is 3.33. The molecule has 0 bridgehead atoms. The molecule has 0 radical (unpaired) electrons. The number of morpholine rings is 1. The van der Waals surface area contributed by atoms with Crippen LogP contribution in [0.4, 0.5) is 0 Å². The van der Waals surface area contributed by atoms with Crippen LogP contribution in [0.3, 0.4) is 0 Å². The monoisotopic (exact) mass is 410 g/mol. The number of hydrogen-bond donors (Lipinski definition) is 1. The van der Waals surface area contributed by atoms with Gasteiger partial charge in [0.1, 0.15) is 0 Å². The van der Waals surface area contributed by atoms with E-state index in [2.05, 4.69) is 41.4 Å². The van der Waals surface area contributed by atoms with E-state index in [0.717, 1.165) is 44.0 Å². The number of methoxy groups -OCH3 is 2. The fourth-order valence-electron chi connectivity index (χ4n) is 3.42. The van der Waals surface area contributed by atoms with Crippen LogP contribution in [0.2, 0.25) is 0 Å². The molecule has 1 heterocycles. The number of hydrogen-bond acceptors (Lipinski definition) is 5. The van der Waals surface area contributed by atoms with Gasteiger partial charge in [-0.3, -0.25) is 9.69 Å². The van der Waals surface area contributed by atoms with Crippen molar-refractivity contribution in [1.82, 2.24) is 10.2 Å². The number of aryl methyl sites for hydroxylation is 1. The molecular weight excluding hydrogens is 380 g/mol. The Bertz CT molecular complexity index is 858. The lowest BCUT2D eigenvalue weighted by atomic mass is 10.0. The number of nitrogens with zero attached hydrogens (tertiary/aromatic N) is 1. The maximum Gasteiger partial charge on any atom is 0.244 e. The highest BCUT2D eigenvalue weighted by Gasteiger charge is 2.19. The van der Waals surface area contributed by atoms with Gasteiger partial charge in [0.25, 0.3) is 0 Å². The van der Waals surface area contributed by atoms with E-state index < -0.39 is 0 Å². The molecule has 1 fully saturated rings. The van der Waals surface area contributed by atoms with Gasteiger partial charge in [0.05, 0.1) is 33.5 Å². The Morgan fingerprint density at radius 1 is 1.10 bits per heavy atom. The molecule has 6 nitrogen and oxygen atoms in total. The van der Waals surface area contributed by atoms with E-state index in [1.165, 1.54) is 5.56 Å². The van der Waals surface area contributed by atoms with E-state index in [9.17, 15) is 4.79 Å². The van der Waals surface area contributed by atoms with Crippen molar-refractivity contribution >= 4 is 12.0 Å². The Morgan fingerprint density at radius 2 is 1.80 bits per heavy atom. The van der Waals surface area contributed by atoms with Gasteiger partial charge in [-0.25, -0.2) is 0 Å². The Kier molecular flexibility index (Phi) is 7.88. The van der Waals surface area contributed by atoms with Crippen LogP contribution < -0.4 is 14.8 Å². The van der Waals surface area contributed by atoms with Crippen molar-refractivity contribution in [3.63, 3.8) is 0 Å². The first-order valence-electron chi connectivity index (χ1n) is 10.2. The van der Waals surface area contributed by atoms with Gasteiger partial charge in [0.2, 0.25) is 5.91 Å². The summed E-state index contributed by atoms with van der Waals surface area (Å²) >= 11 is 0. The van der Waals surface area contributed by atoms with E-state index in [-0.39, 0.29) is 11.9 Å². The molecule has 1 N–H and O–H groups in total. The summed E-state index contributed by atoms with van der Waals surface area (Å²) in [7, 11) is 3.19. The molecule has 160 valence electrons. The van der Waals surface area contributed by atoms with Gasteiger partial charge in [-0.15, -0.1) is 0 Å². The minimum absolute atomic E-state index is 0.0914. The van der Waals surface area contributed by atoms with Crippen molar-refractivity contribution in [2.24, 2.45) is 0 Å². The maximum atomic E-state index is 12.7. The zero-order chi connectivity index (χ0) is 21.3. The third kappa shape index (κ3) is 6.08. The molecular formula is C24H30N2O4. The predicted molar refractivity (Wildman–Crippen MR) is 118 cm³/mol. The summed E-state index contributed by atoms with van der Waals surface area (Å²) in [5.74, 6) is 1.15. The summed E-state index contributed by atoms with van der Waals surface area (Å²) in [5, 5.41) is 3.16. The summed E-state index contributed by atoms with van der Waals surface area (Å²) in [6.45, 7) is 6.02. The minimum Gasteiger partial charge on any atom is -0.493 e. The average Bonchev–Trinajstić information content (AvgIpc) is 2.78. The minimum atomic E-state index is -0.136. The summed E-state index contributed by atoms with van der Waals surface area (Å²) in [5.41, 5.74) is 3.16. The number of nitrogens with one attached hydrogen (secondary N) is 1. The molecule has 2 aromatic carbocycles. The molecule has 1 atom stereocenters. The smallest absolute Gasteiger partial charge is 0.244 e. The summed E-state index contributed by atoms with van der Waals surface area (Å²) in [6, 6.07) is 13.8. The second-order valence-electron chi connectivity index (χ2n) is 7.33. The van der Waals surface area contributed by atoms with Gasteiger partial charge in [-0.05, 0) is 36.3 Å². The molecule has 1 unspecified atom stereocenters. The highest BCUT2D eigenvalue weighted by Crippen LogP contribution is 2.28. The van der Waals surface area contributed by atoms with Crippen LogP contribution in [0, 0.1) is 6.92 Å². The van der Waals surface area contributed by atoms with E-state index in [1.54, 1.807) is 26.4 Å². The Morgan fingerprint density at radius 3 is 2.47 bits per heavy atom. The molecule has 0 aromatic heterocycles. The van der Waals surface area contributed by atoms with Crippen molar-refractivity contribution in [3.8, 4) is 11.5 Å². The van der Waals surface area contributed by atoms with Gasteiger partial charge in [0, 0.05) is 25.7 Å². The predicted octanol–water partition coefficient (Wildman–Crippen LogP) is 3.22. The number of carbonyl (C=O) groups excluding carboxylic acids is 1. The van der Waals surface area contributed by atoms with Gasteiger partial charge >= 0.3 is 0 Å². The average molecular weight is 411 g/mol. The van der Waals surface area contributed by atoms with Crippen molar-refractivity contribution in [3.05, 3.63) is 65.2 Å². The lowest BCUT2D eigenvalue weighted by Crippen LogP contribution is -2.42. The molecule has 2 aromatic rings. The van der Waals surface area contributed by atoms with Gasteiger partial charge in [-0.2, -0.15) is 0 Å². The fraction of sp³-hybridized carbons (Fsp3) is 0.375. The van der Waals surface area contributed by atoms with Crippen molar-refractivity contribution in [2.45, 2.75) is 13.0 Å². The molecule has 3 rings (SSSR count). The lowest BCUT2D eigenvalue weighted by molar-refractivity contribution is -0.117.